The van der Waals surface area contributed by atoms with Crippen LogP contribution >= 0.6 is 0 Å². The zero-order chi connectivity index (χ0) is 20.5. The van der Waals surface area contributed by atoms with E-state index in [1.54, 1.807) is 36.0 Å². The SMILES string of the molecule is C[C@H]1CCc2[nH]c3ccc(C(=O)OCC(=O)NC(=O)c4cccn4C)cc3c2C1. The minimum absolute atomic E-state index is 0.349. The van der Waals surface area contributed by atoms with Crippen LogP contribution in [0.4, 0.5) is 0 Å². The zero-order valence-corrected chi connectivity index (χ0v) is 16.5. The quantitative estimate of drug-likeness (QED) is 0.667. The summed E-state index contributed by atoms with van der Waals surface area (Å²) < 4.78 is 6.71. The van der Waals surface area contributed by atoms with Crippen molar-refractivity contribution in [1.82, 2.24) is 14.9 Å². The van der Waals surface area contributed by atoms with Crippen LogP contribution in [0.3, 0.4) is 0 Å². The maximum absolute atomic E-state index is 12.4. The largest absolute Gasteiger partial charge is 0.452 e. The summed E-state index contributed by atoms with van der Waals surface area (Å²) in [7, 11) is 1.70. The van der Waals surface area contributed by atoms with Gasteiger partial charge in [-0.15, -0.1) is 0 Å². The second kappa shape index (κ2) is 7.58. The molecular formula is C22H23N3O4. The van der Waals surface area contributed by atoms with Crippen LogP contribution in [0, 0.1) is 5.92 Å². The number of aromatic amines is 1. The molecule has 2 heterocycles. The van der Waals surface area contributed by atoms with Gasteiger partial charge in [-0.1, -0.05) is 6.92 Å². The van der Waals surface area contributed by atoms with Crippen LogP contribution in [0.1, 0.15) is 45.4 Å². The summed E-state index contributed by atoms with van der Waals surface area (Å²) in [4.78, 5) is 39.9. The molecule has 2 amide bonds. The van der Waals surface area contributed by atoms with Gasteiger partial charge in [0.05, 0.1) is 5.56 Å². The molecule has 1 aliphatic rings. The van der Waals surface area contributed by atoms with Crippen molar-refractivity contribution < 1.29 is 19.1 Å². The number of benzene rings is 1. The number of imide groups is 1. The molecule has 0 spiro atoms. The Labute approximate surface area is 168 Å². The van der Waals surface area contributed by atoms with E-state index >= 15 is 0 Å². The van der Waals surface area contributed by atoms with Gasteiger partial charge in [-0.25, -0.2) is 4.79 Å². The van der Waals surface area contributed by atoms with Crippen LogP contribution in [-0.2, 0) is 29.4 Å². The normalized spacial score (nSPS) is 15.7. The van der Waals surface area contributed by atoms with Gasteiger partial charge in [0.1, 0.15) is 5.69 Å². The van der Waals surface area contributed by atoms with Gasteiger partial charge in [-0.05, 0) is 61.1 Å². The molecule has 0 radical (unpaired) electrons. The number of nitrogens with zero attached hydrogens (tertiary/aromatic N) is 1. The van der Waals surface area contributed by atoms with Gasteiger partial charge in [0.2, 0.25) is 0 Å². The Morgan fingerprint density at radius 1 is 1.28 bits per heavy atom. The van der Waals surface area contributed by atoms with Crippen molar-refractivity contribution in [3.63, 3.8) is 0 Å². The van der Waals surface area contributed by atoms with E-state index in [1.165, 1.54) is 11.3 Å². The fourth-order valence-corrected chi connectivity index (χ4v) is 3.86. The number of H-pyrrole nitrogens is 1. The molecule has 0 saturated carbocycles. The van der Waals surface area contributed by atoms with E-state index in [9.17, 15) is 14.4 Å². The highest BCUT2D eigenvalue weighted by Gasteiger charge is 2.21. The Morgan fingerprint density at radius 2 is 2.10 bits per heavy atom. The molecule has 0 aliphatic heterocycles. The first-order valence-corrected chi connectivity index (χ1v) is 9.68. The maximum Gasteiger partial charge on any atom is 0.338 e. The predicted molar refractivity (Wildman–Crippen MR) is 108 cm³/mol. The highest BCUT2D eigenvalue weighted by atomic mass is 16.5. The first kappa shape index (κ1) is 19.0. The summed E-state index contributed by atoms with van der Waals surface area (Å²) >= 11 is 0. The lowest BCUT2D eigenvalue weighted by molar-refractivity contribution is -0.123. The highest BCUT2D eigenvalue weighted by Crippen LogP contribution is 2.32. The monoisotopic (exact) mass is 393 g/mol. The molecule has 1 atom stereocenters. The van der Waals surface area contributed by atoms with E-state index in [0.717, 1.165) is 30.2 Å². The van der Waals surface area contributed by atoms with Crippen molar-refractivity contribution in [2.75, 3.05) is 6.61 Å². The lowest BCUT2D eigenvalue weighted by atomic mass is 9.87. The van der Waals surface area contributed by atoms with Gasteiger partial charge in [0.25, 0.3) is 11.8 Å². The van der Waals surface area contributed by atoms with Crippen LogP contribution < -0.4 is 5.32 Å². The van der Waals surface area contributed by atoms with Gasteiger partial charge in [-0.3, -0.25) is 14.9 Å². The van der Waals surface area contributed by atoms with E-state index in [2.05, 4.69) is 17.2 Å². The van der Waals surface area contributed by atoms with Crippen molar-refractivity contribution in [2.45, 2.75) is 26.2 Å². The highest BCUT2D eigenvalue weighted by molar-refractivity contribution is 6.05. The lowest BCUT2D eigenvalue weighted by Gasteiger charge is -2.18. The third kappa shape index (κ3) is 3.81. The number of amides is 2. The standard InChI is InChI=1S/C22H23N3O4/c1-13-5-7-17-15(10-13)16-11-14(6-8-18(16)23-17)22(28)29-12-20(26)24-21(27)19-4-3-9-25(19)2/h3-4,6,8-9,11,13,23H,5,7,10,12H2,1-2H3,(H,24,26,27)/t13-/m0/s1. The van der Waals surface area contributed by atoms with Gasteiger partial charge >= 0.3 is 5.97 Å². The Hall–Kier alpha value is -3.35. The van der Waals surface area contributed by atoms with Gasteiger partial charge in [0, 0.05) is 29.8 Å². The summed E-state index contributed by atoms with van der Waals surface area (Å²) in [5.41, 5.74) is 4.24. The second-order valence-corrected chi connectivity index (χ2v) is 7.65. The van der Waals surface area contributed by atoms with Crippen molar-refractivity contribution >= 4 is 28.7 Å². The first-order chi connectivity index (χ1) is 13.9. The third-order valence-electron chi connectivity index (χ3n) is 5.43. The molecule has 7 heteroatoms. The van der Waals surface area contributed by atoms with Crippen LogP contribution in [-0.4, -0.2) is 33.9 Å². The summed E-state index contributed by atoms with van der Waals surface area (Å²) in [6.45, 7) is 1.71. The van der Waals surface area contributed by atoms with Crippen molar-refractivity contribution in [3.05, 3.63) is 59.0 Å². The number of hydrogen-bond donors (Lipinski definition) is 2. The second-order valence-electron chi connectivity index (χ2n) is 7.65. The lowest BCUT2D eigenvalue weighted by Crippen LogP contribution is -2.35. The van der Waals surface area contributed by atoms with Gasteiger partial charge < -0.3 is 14.3 Å². The molecule has 2 N–H and O–H groups in total. The number of hydrogen-bond acceptors (Lipinski definition) is 4. The van der Waals surface area contributed by atoms with Crippen molar-refractivity contribution in [3.8, 4) is 0 Å². The first-order valence-electron chi connectivity index (χ1n) is 9.68. The number of rotatable bonds is 4. The molecule has 0 unspecified atom stereocenters. The van der Waals surface area contributed by atoms with Crippen LogP contribution in [0.5, 0.6) is 0 Å². The average Bonchev–Trinajstić information content (AvgIpc) is 3.28. The average molecular weight is 393 g/mol. The Bertz CT molecular complexity index is 1110. The molecule has 150 valence electrons. The van der Waals surface area contributed by atoms with Gasteiger partial charge in [-0.2, -0.15) is 0 Å². The number of fused-ring (bicyclic) bond motifs is 3. The molecule has 1 aromatic carbocycles. The fourth-order valence-electron chi connectivity index (χ4n) is 3.86. The molecule has 0 bridgehead atoms. The number of ether oxygens (including phenoxy) is 1. The van der Waals surface area contributed by atoms with E-state index < -0.39 is 24.4 Å². The summed E-state index contributed by atoms with van der Waals surface area (Å²) in [5.74, 6) is -1.18. The van der Waals surface area contributed by atoms with E-state index in [0.29, 0.717) is 17.2 Å². The number of aromatic nitrogens is 2. The van der Waals surface area contributed by atoms with Crippen LogP contribution in [0.2, 0.25) is 0 Å². The third-order valence-corrected chi connectivity index (χ3v) is 5.43. The van der Waals surface area contributed by atoms with Crippen molar-refractivity contribution in [2.24, 2.45) is 13.0 Å². The zero-order valence-electron chi connectivity index (χ0n) is 16.5. The molecular weight excluding hydrogens is 370 g/mol. The minimum atomic E-state index is -0.668. The van der Waals surface area contributed by atoms with E-state index in [-0.39, 0.29) is 0 Å². The predicted octanol–water partition coefficient (Wildman–Crippen LogP) is 2.74. The molecule has 0 saturated heterocycles. The maximum atomic E-state index is 12.4. The fraction of sp³-hybridized carbons (Fsp3) is 0.318. The van der Waals surface area contributed by atoms with Crippen LogP contribution in [0.25, 0.3) is 10.9 Å². The molecule has 7 nitrogen and oxygen atoms in total. The molecule has 29 heavy (non-hydrogen) atoms. The molecule has 1 aliphatic carbocycles. The number of carbonyl (C=O) groups is 3. The number of aryl methyl sites for hydroxylation is 2. The molecule has 2 aromatic heterocycles. The number of nitrogens with one attached hydrogen (secondary N) is 2. The topological polar surface area (TPSA) is 93.2 Å². The van der Waals surface area contributed by atoms with E-state index in [1.807, 2.05) is 12.1 Å². The smallest absolute Gasteiger partial charge is 0.338 e. The molecule has 4 rings (SSSR count). The van der Waals surface area contributed by atoms with Crippen molar-refractivity contribution in [1.29, 1.82) is 0 Å². The summed E-state index contributed by atoms with van der Waals surface area (Å²) in [6, 6.07) is 8.67. The molecule has 0 fully saturated rings. The van der Waals surface area contributed by atoms with Gasteiger partial charge in [0.15, 0.2) is 6.61 Å². The Balaban J connectivity index is 1.41. The summed E-state index contributed by atoms with van der Waals surface area (Å²) in [6.07, 6.45) is 4.86. The minimum Gasteiger partial charge on any atom is -0.452 e. The van der Waals surface area contributed by atoms with E-state index in [4.69, 9.17) is 4.74 Å². The molecule has 3 aromatic rings. The number of carbonyl (C=O) groups excluding carboxylic acids is 3. The van der Waals surface area contributed by atoms with Crippen LogP contribution in [0.15, 0.2) is 36.5 Å². The Morgan fingerprint density at radius 3 is 2.86 bits per heavy atom. The Kier molecular flexibility index (Phi) is 4.96. The summed E-state index contributed by atoms with van der Waals surface area (Å²) in [5, 5.41) is 3.25. The number of esters is 1.